The number of aromatic nitrogens is 2. The van der Waals surface area contributed by atoms with E-state index in [1.54, 1.807) is 0 Å². The molecule has 21 heavy (non-hydrogen) atoms. The first-order valence-electron chi connectivity index (χ1n) is 6.52. The third-order valence-electron chi connectivity index (χ3n) is 2.85. The number of rotatable bonds is 4. The highest BCUT2D eigenvalue weighted by Gasteiger charge is 2.21. The van der Waals surface area contributed by atoms with Crippen molar-refractivity contribution in [1.29, 1.82) is 0 Å². The minimum Gasteiger partial charge on any atom is -0.287 e. The van der Waals surface area contributed by atoms with E-state index in [2.05, 4.69) is 10.2 Å². The van der Waals surface area contributed by atoms with Crippen LogP contribution in [0.25, 0.3) is 0 Å². The molecule has 0 saturated carbocycles. The summed E-state index contributed by atoms with van der Waals surface area (Å²) in [6, 6.07) is 9.22. The summed E-state index contributed by atoms with van der Waals surface area (Å²) in [6.45, 7) is 5.32. The molecule has 0 aliphatic heterocycles. The minimum atomic E-state index is -0.158. The number of benzene rings is 1. The van der Waals surface area contributed by atoms with Crippen LogP contribution < -0.4 is 9.80 Å². The molecule has 7 heteroatoms. The molecule has 0 unspecified atom stereocenters. The van der Waals surface area contributed by atoms with Crippen LogP contribution in [0.1, 0.15) is 20.8 Å². The van der Waals surface area contributed by atoms with E-state index in [1.807, 2.05) is 37.3 Å². The van der Waals surface area contributed by atoms with Crippen molar-refractivity contribution in [2.24, 2.45) is 0 Å². The highest BCUT2D eigenvalue weighted by molar-refractivity contribution is 7.19. The van der Waals surface area contributed by atoms with Gasteiger partial charge in [0, 0.05) is 20.4 Å². The third-order valence-corrected chi connectivity index (χ3v) is 3.78. The Morgan fingerprint density at radius 3 is 2.19 bits per heavy atom. The normalized spacial score (nSPS) is 10.2. The van der Waals surface area contributed by atoms with Crippen molar-refractivity contribution < 1.29 is 9.59 Å². The molecule has 2 rings (SSSR count). The second-order valence-electron chi connectivity index (χ2n) is 4.32. The van der Waals surface area contributed by atoms with Gasteiger partial charge in [-0.3, -0.25) is 19.4 Å². The van der Waals surface area contributed by atoms with Crippen LogP contribution in [0.3, 0.4) is 0 Å². The van der Waals surface area contributed by atoms with E-state index in [1.165, 1.54) is 35.0 Å². The highest BCUT2D eigenvalue weighted by Crippen LogP contribution is 2.32. The van der Waals surface area contributed by atoms with Crippen molar-refractivity contribution in [3.05, 3.63) is 30.3 Å². The van der Waals surface area contributed by atoms with Gasteiger partial charge in [0.15, 0.2) is 0 Å². The lowest BCUT2D eigenvalue weighted by Gasteiger charge is -2.17. The van der Waals surface area contributed by atoms with Gasteiger partial charge < -0.3 is 0 Å². The third kappa shape index (κ3) is 3.25. The molecule has 0 radical (unpaired) electrons. The molecule has 110 valence electrons. The first kappa shape index (κ1) is 15.1. The zero-order valence-corrected chi connectivity index (χ0v) is 12.9. The fraction of sp³-hybridized carbons (Fsp3) is 0.286. The number of carbonyl (C=O) groups excluding carboxylic acids is 2. The fourth-order valence-corrected chi connectivity index (χ4v) is 2.92. The molecule has 0 spiro atoms. The van der Waals surface area contributed by atoms with E-state index in [9.17, 15) is 9.59 Å². The highest BCUT2D eigenvalue weighted by atomic mass is 32.1. The molecule has 2 amide bonds. The Labute approximate surface area is 127 Å². The molecule has 1 aromatic carbocycles. The molecule has 0 fully saturated rings. The van der Waals surface area contributed by atoms with Crippen LogP contribution in [0.2, 0.25) is 0 Å². The summed E-state index contributed by atoms with van der Waals surface area (Å²) in [6.07, 6.45) is 0. The lowest BCUT2D eigenvalue weighted by atomic mass is 10.3. The van der Waals surface area contributed by atoms with E-state index in [-0.39, 0.29) is 11.8 Å². The molecule has 1 aromatic heterocycles. The SMILES string of the molecule is CCN(C(C)=O)c1nnc(N(C(C)=O)c2ccccc2)s1. The Morgan fingerprint density at radius 2 is 1.67 bits per heavy atom. The number of amides is 2. The largest absolute Gasteiger partial charge is 0.287 e. The predicted octanol–water partition coefficient (Wildman–Crippen LogP) is 2.60. The molecule has 0 atom stereocenters. The van der Waals surface area contributed by atoms with E-state index >= 15 is 0 Å². The maximum absolute atomic E-state index is 11.9. The molecule has 0 aliphatic carbocycles. The number of hydrogen-bond donors (Lipinski definition) is 0. The van der Waals surface area contributed by atoms with Gasteiger partial charge in [0.05, 0.1) is 5.69 Å². The summed E-state index contributed by atoms with van der Waals surface area (Å²) in [7, 11) is 0. The Kier molecular flexibility index (Phi) is 4.64. The molecule has 2 aromatic rings. The first-order chi connectivity index (χ1) is 10.0. The molecule has 6 nitrogen and oxygen atoms in total. The monoisotopic (exact) mass is 304 g/mol. The summed E-state index contributed by atoms with van der Waals surface area (Å²) in [5.74, 6) is -0.260. The second kappa shape index (κ2) is 6.45. The van der Waals surface area contributed by atoms with Crippen LogP contribution in [-0.4, -0.2) is 28.6 Å². The van der Waals surface area contributed by atoms with Crippen LogP contribution in [0, 0.1) is 0 Å². The van der Waals surface area contributed by atoms with Gasteiger partial charge in [-0.15, -0.1) is 10.2 Å². The molecular weight excluding hydrogens is 288 g/mol. The van der Waals surface area contributed by atoms with Crippen LogP contribution in [0.5, 0.6) is 0 Å². The Balaban J connectivity index is 2.38. The van der Waals surface area contributed by atoms with Gasteiger partial charge >= 0.3 is 0 Å². The molecule has 0 bridgehead atoms. The van der Waals surface area contributed by atoms with Crippen LogP contribution in [-0.2, 0) is 9.59 Å². The lowest BCUT2D eigenvalue weighted by molar-refractivity contribution is -0.117. The average molecular weight is 304 g/mol. The standard InChI is InChI=1S/C14H16N4O2S/c1-4-17(10(2)19)13-15-16-14(21-13)18(11(3)20)12-8-6-5-7-9-12/h5-9H,4H2,1-3H3. The minimum absolute atomic E-state index is 0.103. The number of anilines is 3. The van der Waals surface area contributed by atoms with Gasteiger partial charge in [-0.05, 0) is 19.1 Å². The predicted molar refractivity (Wildman–Crippen MR) is 82.9 cm³/mol. The van der Waals surface area contributed by atoms with E-state index in [4.69, 9.17) is 0 Å². The van der Waals surface area contributed by atoms with Crippen LogP contribution >= 0.6 is 11.3 Å². The van der Waals surface area contributed by atoms with E-state index < -0.39 is 0 Å². The zero-order valence-electron chi connectivity index (χ0n) is 12.1. The Bertz CT molecular complexity index is 641. The fourth-order valence-electron chi connectivity index (χ4n) is 1.90. The van der Waals surface area contributed by atoms with Crippen molar-refractivity contribution in [1.82, 2.24) is 10.2 Å². The smallest absolute Gasteiger partial charge is 0.230 e. The van der Waals surface area contributed by atoms with Crippen LogP contribution in [0.15, 0.2) is 30.3 Å². The van der Waals surface area contributed by atoms with Crippen molar-refractivity contribution in [3.8, 4) is 0 Å². The number of hydrogen-bond acceptors (Lipinski definition) is 5. The molecular formula is C14H16N4O2S. The Hall–Kier alpha value is -2.28. The van der Waals surface area contributed by atoms with Crippen LogP contribution in [0.4, 0.5) is 16.0 Å². The van der Waals surface area contributed by atoms with Gasteiger partial charge in [0.25, 0.3) is 0 Å². The van der Waals surface area contributed by atoms with Crippen molar-refractivity contribution in [2.75, 3.05) is 16.3 Å². The number of carbonyl (C=O) groups is 2. The van der Waals surface area contributed by atoms with E-state index in [0.29, 0.717) is 16.8 Å². The maximum atomic E-state index is 11.9. The summed E-state index contributed by atoms with van der Waals surface area (Å²) in [5.41, 5.74) is 0.721. The van der Waals surface area contributed by atoms with Crippen molar-refractivity contribution in [3.63, 3.8) is 0 Å². The second-order valence-corrected chi connectivity index (χ2v) is 5.25. The summed E-state index contributed by atoms with van der Waals surface area (Å²) < 4.78 is 0. The van der Waals surface area contributed by atoms with E-state index in [0.717, 1.165) is 5.69 Å². The summed E-state index contributed by atoms with van der Waals surface area (Å²) in [4.78, 5) is 26.5. The van der Waals surface area contributed by atoms with Crippen molar-refractivity contribution >= 4 is 39.1 Å². The van der Waals surface area contributed by atoms with Crippen molar-refractivity contribution in [2.45, 2.75) is 20.8 Å². The zero-order chi connectivity index (χ0) is 15.4. The van der Waals surface area contributed by atoms with Gasteiger partial charge in [-0.1, -0.05) is 29.5 Å². The maximum Gasteiger partial charge on any atom is 0.230 e. The topological polar surface area (TPSA) is 66.4 Å². The van der Waals surface area contributed by atoms with Gasteiger partial charge in [0.1, 0.15) is 0 Å². The molecule has 0 aliphatic rings. The quantitative estimate of drug-likeness (QED) is 0.871. The van der Waals surface area contributed by atoms with Gasteiger partial charge in [-0.2, -0.15) is 0 Å². The molecule has 1 heterocycles. The lowest BCUT2D eigenvalue weighted by Crippen LogP contribution is -2.27. The molecule has 0 N–H and O–H groups in total. The Morgan fingerprint density at radius 1 is 1.05 bits per heavy atom. The van der Waals surface area contributed by atoms with Gasteiger partial charge in [-0.25, -0.2) is 0 Å². The first-order valence-corrected chi connectivity index (χ1v) is 7.33. The number of para-hydroxylation sites is 1. The molecule has 0 saturated heterocycles. The average Bonchev–Trinajstić information content (AvgIpc) is 2.89. The van der Waals surface area contributed by atoms with Gasteiger partial charge in [0.2, 0.25) is 22.1 Å². The summed E-state index contributed by atoms with van der Waals surface area (Å²) >= 11 is 1.21. The number of nitrogens with zero attached hydrogens (tertiary/aromatic N) is 4. The summed E-state index contributed by atoms with van der Waals surface area (Å²) in [5, 5.41) is 9.00.